The summed E-state index contributed by atoms with van der Waals surface area (Å²) in [4.78, 5) is 0. The van der Waals surface area contributed by atoms with Crippen LogP contribution in [0.2, 0.25) is 0 Å². The monoisotopic (exact) mass is 300 g/mol. The lowest BCUT2D eigenvalue weighted by atomic mass is 10.0. The third-order valence-corrected chi connectivity index (χ3v) is 4.09. The number of hydrogen-bond donors (Lipinski definition) is 1. The summed E-state index contributed by atoms with van der Waals surface area (Å²) in [5.74, 6) is 0.876. The topological polar surface area (TPSA) is 29.5 Å². The number of hydrogen-bond acceptors (Lipinski definition) is 2. The van der Waals surface area contributed by atoms with Gasteiger partial charge < -0.3 is 9.84 Å². The Hall–Kier alpha value is -0.0800. The van der Waals surface area contributed by atoms with E-state index in [1.807, 2.05) is 6.92 Å². The van der Waals surface area contributed by atoms with E-state index in [0.29, 0.717) is 13.0 Å². The summed E-state index contributed by atoms with van der Waals surface area (Å²) in [5, 5.41) is 9.24. The second kappa shape index (κ2) is 16.3. The van der Waals surface area contributed by atoms with Crippen molar-refractivity contribution in [1.82, 2.24) is 0 Å². The molecule has 0 aromatic rings. The molecule has 0 fully saturated rings. The second-order valence-corrected chi connectivity index (χ2v) is 6.81. The highest BCUT2D eigenvalue weighted by atomic mass is 16.6. The summed E-state index contributed by atoms with van der Waals surface area (Å²) < 4.78 is 5.25. The van der Waals surface area contributed by atoms with Gasteiger partial charge in [-0.3, -0.25) is 0 Å². The quantitative estimate of drug-likeness (QED) is 0.277. The fraction of sp³-hybridized carbons (Fsp3) is 1.00. The van der Waals surface area contributed by atoms with Crippen molar-refractivity contribution in [2.24, 2.45) is 5.92 Å². The zero-order valence-corrected chi connectivity index (χ0v) is 14.9. The maximum Gasteiger partial charge on any atom is 0.154 e. The molecule has 0 aromatic heterocycles. The number of rotatable bonds is 16. The minimum atomic E-state index is -0.550. The summed E-state index contributed by atoms with van der Waals surface area (Å²) in [6.07, 6.45) is 16.5. The molecule has 0 spiro atoms. The molecule has 0 bridgehead atoms. The second-order valence-electron chi connectivity index (χ2n) is 6.81. The highest BCUT2D eigenvalue weighted by Crippen LogP contribution is 2.13. The lowest BCUT2D eigenvalue weighted by Gasteiger charge is -2.08. The Bertz CT molecular complexity index is 192. The van der Waals surface area contributed by atoms with E-state index in [2.05, 4.69) is 13.8 Å². The zero-order valence-electron chi connectivity index (χ0n) is 14.9. The minimum absolute atomic E-state index is 0.550. The standard InChI is InChI=1S/C19H40O2/c1-4-19(20)21-17-15-13-11-9-7-5-6-8-10-12-14-16-18(2)3/h18-20H,4-17H2,1-3H3. The van der Waals surface area contributed by atoms with E-state index in [1.54, 1.807) is 0 Å². The van der Waals surface area contributed by atoms with Crippen molar-refractivity contribution in [2.75, 3.05) is 6.61 Å². The Morgan fingerprint density at radius 2 is 1.14 bits per heavy atom. The Morgan fingerprint density at radius 1 is 0.714 bits per heavy atom. The van der Waals surface area contributed by atoms with Crippen LogP contribution in [0.4, 0.5) is 0 Å². The average molecular weight is 301 g/mol. The largest absolute Gasteiger partial charge is 0.368 e. The number of aliphatic hydroxyl groups is 1. The van der Waals surface area contributed by atoms with Gasteiger partial charge in [-0.05, 0) is 18.8 Å². The number of ether oxygens (including phenoxy) is 1. The molecule has 0 radical (unpaired) electrons. The van der Waals surface area contributed by atoms with Crippen molar-refractivity contribution in [2.45, 2.75) is 111 Å². The van der Waals surface area contributed by atoms with Gasteiger partial charge in [0.25, 0.3) is 0 Å². The van der Waals surface area contributed by atoms with Crippen LogP contribution < -0.4 is 0 Å². The summed E-state index contributed by atoms with van der Waals surface area (Å²) in [5.41, 5.74) is 0. The fourth-order valence-corrected chi connectivity index (χ4v) is 2.58. The van der Waals surface area contributed by atoms with Crippen LogP contribution in [0.3, 0.4) is 0 Å². The zero-order chi connectivity index (χ0) is 15.8. The van der Waals surface area contributed by atoms with Crippen LogP contribution in [0.1, 0.15) is 104 Å². The van der Waals surface area contributed by atoms with Gasteiger partial charge in [0, 0.05) is 6.61 Å². The van der Waals surface area contributed by atoms with Gasteiger partial charge in [0.05, 0.1) is 0 Å². The summed E-state index contributed by atoms with van der Waals surface area (Å²) in [7, 11) is 0. The first-order valence-electron chi connectivity index (χ1n) is 9.46. The summed E-state index contributed by atoms with van der Waals surface area (Å²) in [6.45, 7) is 7.29. The molecule has 0 rings (SSSR count). The smallest absolute Gasteiger partial charge is 0.154 e. The van der Waals surface area contributed by atoms with Crippen LogP contribution in [0, 0.1) is 5.92 Å². The molecule has 0 aliphatic rings. The fourth-order valence-electron chi connectivity index (χ4n) is 2.58. The maximum absolute atomic E-state index is 9.24. The Balaban J connectivity index is 2.99. The van der Waals surface area contributed by atoms with Gasteiger partial charge in [-0.2, -0.15) is 0 Å². The first kappa shape index (κ1) is 20.9. The maximum atomic E-state index is 9.24. The Morgan fingerprint density at radius 3 is 1.57 bits per heavy atom. The first-order valence-corrected chi connectivity index (χ1v) is 9.46. The SMILES string of the molecule is CCC(O)OCCCCCCCCCCCCCC(C)C. The number of aliphatic hydroxyl groups excluding tert-OH is 1. The van der Waals surface area contributed by atoms with E-state index >= 15 is 0 Å². The van der Waals surface area contributed by atoms with Gasteiger partial charge in [0.15, 0.2) is 6.29 Å². The predicted octanol–water partition coefficient (Wildman–Crippen LogP) is 6.07. The van der Waals surface area contributed by atoms with Crippen LogP contribution in [-0.4, -0.2) is 18.0 Å². The van der Waals surface area contributed by atoms with Gasteiger partial charge in [-0.15, -0.1) is 0 Å². The molecule has 1 N–H and O–H groups in total. The van der Waals surface area contributed by atoms with E-state index in [9.17, 15) is 5.11 Å². The molecule has 1 unspecified atom stereocenters. The van der Waals surface area contributed by atoms with Crippen molar-refractivity contribution in [3.05, 3.63) is 0 Å². The van der Waals surface area contributed by atoms with E-state index in [0.717, 1.165) is 12.3 Å². The van der Waals surface area contributed by atoms with Crippen molar-refractivity contribution in [3.8, 4) is 0 Å². The lowest BCUT2D eigenvalue weighted by molar-refractivity contribution is -0.101. The van der Waals surface area contributed by atoms with E-state index in [-0.39, 0.29) is 0 Å². The molecule has 0 aliphatic carbocycles. The van der Waals surface area contributed by atoms with Crippen LogP contribution >= 0.6 is 0 Å². The molecule has 0 aromatic carbocycles. The Kier molecular flexibility index (Phi) is 16.2. The molecule has 2 nitrogen and oxygen atoms in total. The summed E-state index contributed by atoms with van der Waals surface area (Å²) >= 11 is 0. The van der Waals surface area contributed by atoms with Gasteiger partial charge in [-0.25, -0.2) is 0 Å². The van der Waals surface area contributed by atoms with Crippen molar-refractivity contribution >= 4 is 0 Å². The van der Waals surface area contributed by atoms with Crippen LogP contribution in [0.15, 0.2) is 0 Å². The van der Waals surface area contributed by atoms with E-state index in [1.165, 1.54) is 70.6 Å². The molecule has 2 heteroatoms. The molecule has 0 heterocycles. The molecule has 0 amide bonds. The third-order valence-electron chi connectivity index (χ3n) is 4.09. The number of unbranched alkanes of at least 4 members (excludes halogenated alkanes) is 10. The molecular weight excluding hydrogens is 260 g/mol. The molecular formula is C19H40O2. The molecule has 0 saturated carbocycles. The van der Waals surface area contributed by atoms with Crippen LogP contribution in [0.25, 0.3) is 0 Å². The van der Waals surface area contributed by atoms with Crippen molar-refractivity contribution in [1.29, 1.82) is 0 Å². The minimum Gasteiger partial charge on any atom is -0.368 e. The molecule has 128 valence electrons. The lowest BCUT2D eigenvalue weighted by Crippen LogP contribution is -2.10. The third kappa shape index (κ3) is 17.9. The summed E-state index contributed by atoms with van der Waals surface area (Å²) in [6, 6.07) is 0. The van der Waals surface area contributed by atoms with Gasteiger partial charge >= 0.3 is 0 Å². The first-order chi connectivity index (χ1) is 10.2. The normalized spacial score (nSPS) is 13.0. The molecule has 0 saturated heterocycles. The van der Waals surface area contributed by atoms with E-state index in [4.69, 9.17) is 4.74 Å². The Labute approximate surface area is 133 Å². The van der Waals surface area contributed by atoms with Crippen molar-refractivity contribution < 1.29 is 9.84 Å². The van der Waals surface area contributed by atoms with Crippen LogP contribution in [-0.2, 0) is 4.74 Å². The highest BCUT2D eigenvalue weighted by molar-refractivity contribution is 4.50. The van der Waals surface area contributed by atoms with E-state index < -0.39 is 6.29 Å². The molecule has 0 aliphatic heterocycles. The predicted molar refractivity (Wildman–Crippen MR) is 92.5 cm³/mol. The van der Waals surface area contributed by atoms with Gasteiger partial charge in [0.2, 0.25) is 0 Å². The van der Waals surface area contributed by atoms with Gasteiger partial charge in [0.1, 0.15) is 0 Å². The highest BCUT2D eigenvalue weighted by Gasteiger charge is 1.99. The van der Waals surface area contributed by atoms with Crippen LogP contribution in [0.5, 0.6) is 0 Å². The van der Waals surface area contributed by atoms with Crippen molar-refractivity contribution in [3.63, 3.8) is 0 Å². The average Bonchev–Trinajstić information content (AvgIpc) is 2.46. The molecule has 1 atom stereocenters. The molecule has 21 heavy (non-hydrogen) atoms. The van der Waals surface area contributed by atoms with Gasteiger partial charge in [-0.1, -0.05) is 91.4 Å².